The highest BCUT2D eigenvalue weighted by Gasteiger charge is 2.22. The van der Waals surface area contributed by atoms with Crippen molar-refractivity contribution < 1.29 is 13.9 Å². The van der Waals surface area contributed by atoms with Crippen LogP contribution in [0, 0.1) is 5.82 Å². The van der Waals surface area contributed by atoms with Crippen LogP contribution in [0.4, 0.5) is 10.3 Å². The predicted molar refractivity (Wildman–Crippen MR) is 87.3 cm³/mol. The number of carbonyl (C=O) groups excluding carboxylic acids is 1. The van der Waals surface area contributed by atoms with E-state index in [1.165, 1.54) is 12.1 Å². The van der Waals surface area contributed by atoms with Crippen LogP contribution < -0.4 is 15.0 Å². The van der Waals surface area contributed by atoms with E-state index >= 15 is 0 Å². The van der Waals surface area contributed by atoms with Crippen LogP contribution in [0.3, 0.4) is 0 Å². The van der Waals surface area contributed by atoms with E-state index in [9.17, 15) is 9.18 Å². The van der Waals surface area contributed by atoms with E-state index in [1.54, 1.807) is 30.6 Å². The van der Waals surface area contributed by atoms with Gasteiger partial charge in [0, 0.05) is 31.5 Å². The quantitative estimate of drug-likeness (QED) is 0.905. The molecule has 1 aliphatic heterocycles. The van der Waals surface area contributed by atoms with Crippen LogP contribution in [0.1, 0.15) is 12.8 Å². The molecule has 0 aliphatic carbocycles. The molecule has 0 bridgehead atoms. The summed E-state index contributed by atoms with van der Waals surface area (Å²) in [5, 5.41) is 2.93. The minimum atomic E-state index is -0.471. The zero-order valence-electron chi connectivity index (χ0n) is 13.2. The van der Waals surface area contributed by atoms with Gasteiger partial charge in [0.1, 0.15) is 0 Å². The highest BCUT2D eigenvalue weighted by molar-refractivity contribution is 5.77. The molecule has 1 aliphatic rings. The van der Waals surface area contributed by atoms with Gasteiger partial charge in [-0.25, -0.2) is 14.4 Å². The molecular weight excluding hydrogens is 311 g/mol. The smallest absolute Gasteiger partial charge is 0.258 e. The van der Waals surface area contributed by atoms with Crippen LogP contribution in [0.25, 0.3) is 0 Å². The van der Waals surface area contributed by atoms with Gasteiger partial charge in [-0.2, -0.15) is 0 Å². The molecule has 1 fully saturated rings. The summed E-state index contributed by atoms with van der Waals surface area (Å²) in [6.45, 7) is 1.37. The van der Waals surface area contributed by atoms with Crippen LogP contribution >= 0.6 is 0 Å². The lowest BCUT2D eigenvalue weighted by Gasteiger charge is -2.32. The molecule has 0 spiro atoms. The van der Waals surface area contributed by atoms with Crippen LogP contribution in [0.15, 0.2) is 42.7 Å². The fourth-order valence-corrected chi connectivity index (χ4v) is 2.65. The molecule has 7 heteroatoms. The molecule has 1 aromatic carbocycles. The Kier molecular flexibility index (Phi) is 5.20. The Morgan fingerprint density at radius 2 is 1.92 bits per heavy atom. The number of hydrogen-bond acceptors (Lipinski definition) is 5. The second-order valence-electron chi connectivity index (χ2n) is 5.60. The van der Waals surface area contributed by atoms with Crippen molar-refractivity contribution in [1.82, 2.24) is 15.3 Å². The number of rotatable bonds is 5. The monoisotopic (exact) mass is 330 g/mol. The third-order valence-electron chi connectivity index (χ3n) is 3.89. The summed E-state index contributed by atoms with van der Waals surface area (Å²) in [5.41, 5.74) is 0. The third kappa shape index (κ3) is 4.18. The minimum Gasteiger partial charge on any atom is -0.481 e. The predicted octanol–water partition coefficient (Wildman–Crippen LogP) is 1.78. The van der Waals surface area contributed by atoms with Gasteiger partial charge in [0.15, 0.2) is 18.2 Å². The lowest BCUT2D eigenvalue weighted by molar-refractivity contribution is -0.124. The van der Waals surface area contributed by atoms with E-state index in [0.717, 1.165) is 25.9 Å². The summed E-state index contributed by atoms with van der Waals surface area (Å²) in [6.07, 6.45) is 5.06. The maximum Gasteiger partial charge on any atom is 0.258 e. The molecule has 2 heterocycles. The van der Waals surface area contributed by atoms with Gasteiger partial charge < -0.3 is 15.0 Å². The molecule has 1 N–H and O–H groups in total. The largest absolute Gasteiger partial charge is 0.481 e. The number of ether oxygens (including phenoxy) is 1. The Balaban J connectivity index is 1.43. The molecule has 2 aromatic rings. The SMILES string of the molecule is O=C(COc1ccccc1F)NC1CCN(c2ncccn2)CC1. The molecule has 0 radical (unpaired) electrons. The number of anilines is 1. The van der Waals surface area contributed by atoms with Gasteiger partial charge in [0.25, 0.3) is 5.91 Å². The van der Waals surface area contributed by atoms with Gasteiger partial charge >= 0.3 is 0 Å². The van der Waals surface area contributed by atoms with Crippen LogP contribution in [-0.4, -0.2) is 41.6 Å². The second kappa shape index (κ2) is 7.72. The van der Waals surface area contributed by atoms with Crippen molar-refractivity contribution in [3.63, 3.8) is 0 Å². The van der Waals surface area contributed by atoms with Gasteiger partial charge in [0.2, 0.25) is 5.95 Å². The van der Waals surface area contributed by atoms with Gasteiger partial charge in [-0.05, 0) is 31.0 Å². The average Bonchev–Trinajstić information content (AvgIpc) is 2.62. The molecule has 24 heavy (non-hydrogen) atoms. The number of nitrogens with zero attached hydrogens (tertiary/aromatic N) is 3. The van der Waals surface area contributed by atoms with Crippen molar-refractivity contribution in [1.29, 1.82) is 0 Å². The van der Waals surface area contributed by atoms with Gasteiger partial charge in [0.05, 0.1) is 0 Å². The normalized spacial score (nSPS) is 15.1. The van der Waals surface area contributed by atoms with Crippen LogP contribution in [-0.2, 0) is 4.79 Å². The van der Waals surface area contributed by atoms with Crippen LogP contribution in [0.2, 0.25) is 0 Å². The Bertz CT molecular complexity index is 675. The Labute approximate surface area is 139 Å². The molecule has 6 nitrogen and oxygen atoms in total. The standard InChI is InChI=1S/C17H19FN4O2/c18-14-4-1-2-5-15(14)24-12-16(23)21-13-6-10-22(11-7-13)17-19-8-3-9-20-17/h1-5,8-9,13H,6-7,10-12H2,(H,21,23). The molecule has 1 amide bonds. The molecule has 0 unspecified atom stereocenters. The van der Waals surface area contributed by atoms with Crippen molar-refractivity contribution in [3.8, 4) is 5.75 Å². The number of hydrogen-bond donors (Lipinski definition) is 1. The Morgan fingerprint density at radius 1 is 1.21 bits per heavy atom. The Morgan fingerprint density at radius 3 is 2.62 bits per heavy atom. The molecule has 1 aromatic heterocycles. The van der Waals surface area contributed by atoms with Gasteiger partial charge in [-0.1, -0.05) is 12.1 Å². The molecule has 0 atom stereocenters. The van der Waals surface area contributed by atoms with Gasteiger partial charge in [-0.15, -0.1) is 0 Å². The number of carbonyl (C=O) groups is 1. The second-order valence-corrected chi connectivity index (χ2v) is 5.60. The van der Waals surface area contributed by atoms with Crippen molar-refractivity contribution in [3.05, 3.63) is 48.5 Å². The summed E-state index contributed by atoms with van der Waals surface area (Å²) in [7, 11) is 0. The topological polar surface area (TPSA) is 67.3 Å². The van der Waals surface area contributed by atoms with E-state index in [1.807, 2.05) is 0 Å². The summed E-state index contributed by atoms with van der Waals surface area (Å²) < 4.78 is 18.6. The molecule has 0 saturated carbocycles. The summed E-state index contributed by atoms with van der Waals surface area (Å²) >= 11 is 0. The number of para-hydroxylation sites is 1. The first-order valence-corrected chi connectivity index (χ1v) is 7.91. The number of nitrogens with one attached hydrogen (secondary N) is 1. The fourth-order valence-electron chi connectivity index (χ4n) is 2.65. The molecular formula is C17H19FN4O2. The first-order chi connectivity index (χ1) is 11.7. The number of aromatic nitrogens is 2. The van der Waals surface area contributed by atoms with Gasteiger partial charge in [-0.3, -0.25) is 4.79 Å². The summed E-state index contributed by atoms with van der Waals surface area (Å²) in [5.74, 6) is 0.0861. The highest BCUT2D eigenvalue weighted by atomic mass is 19.1. The van der Waals surface area contributed by atoms with E-state index in [-0.39, 0.29) is 24.3 Å². The first kappa shape index (κ1) is 16.2. The van der Waals surface area contributed by atoms with E-state index in [4.69, 9.17) is 4.74 Å². The lowest BCUT2D eigenvalue weighted by Crippen LogP contribution is -2.46. The van der Waals surface area contributed by atoms with E-state index < -0.39 is 5.82 Å². The summed E-state index contributed by atoms with van der Waals surface area (Å²) in [4.78, 5) is 22.5. The highest BCUT2D eigenvalue weighted by Crippen LogP contribution is 2.16. The van der Waals surface area contributed by atoms with Crippen LogP contribution in [0.5, 0.6) is 5.75 Å². The number of benzene rings is 1. The van der Waals surface area contributed by atoms with Crippen molar-refractivity contribution >= 4 is 11.9 Å². The lowest BCUT2D eigenvalue weighted by atomic mass is 10.1. The van der Waals surface area contributed by atoms with Crippen molar-refractivity contribution in [2.45, 2.75) is 18.9 Å². The zero-order chi connectivity index (χ0) is 16.8. The van der Waals surface area contributed by atoms with Crippen molar-refractivity contribution in [2.24, 2.45) is 0 Å². The first-order valence-electron chi connectivity index (χ1n) is 7.91. The Hall–Kier alpha value is -2.70. The molecule has 1 saturated heterocycles. The summed E-state index contributed by atoms with van der Waals surface area (Å²) in [6, 6.07) is 7.91. The third-order valence-corrected chi connectivity index (χ3v) is 3.89. The number of halogens is 1. The maximum absolute atomic E-state index is 13.4. The average molecular weight is 330 g/mol. The molecule has 3 rings (SSSR count). The fraction of sp³-hybridized carbons (Fsp3) is 0.353. The minimum absolute atomic E-state index is 0.0849. The number of piperidine rings is 1. The van der Waals surface area contributed by atoms with Crippen molar-refractivity contribution in [2.75, 3.05) is 24.6 Å². The molecule has 126 valence electrons. The maximum atomic E-state index is 13.4. The van der Waals surface area contributed by atoms with E-state index in [0.29, 0.717) is 5.95 Å². The zero-order valence-corrected chi connectivity index (χ0v) is 13.2. The van der Waals surface area contributed by atoms with E-state index in [2.05, 4.69) is 20.2 Å². The number of amides is 1.